The van der Waals surface area contributed by atoms with E-state index < -0.39 is 6.10 Å². The highest BCUT2D eigenvalue weighted by molar-refractivity contribution is 9.08. The maximum Gasteiger partial charge on any atom is 0.184 e. The minimum absolute atomic E-state index is 0.396. The van der Waals surface area contributed by atoms with Gasteiger partial charge in [-0.1, -0.05) is 22.9 Å². The summed E-state index contributed by atoms with van der Waals surface area (Å²) in [4.78, 5) is 4.33. The van der Waals surface area contributed by atoms with E-state index in [1.165, 1.54) is 0 Å². The molecular weight excluding hydrogens is 256 g/mol. The lowest BCUT2D eigenvalue weighted by atomic mass is 10.2. The average Bonchev–Trinajstić information content (AvgIpc) is 2.27. The summed E-state index contributed by atoms with van der Waals surface area (Å²) in [5.41, 5.74) is 1.78. The summed E-state index contributed by atoms with van der Waals surface area (Å²) in [6.07, 6.45) is 0.277. The Bertz CT molecular complexity index is 373. The number of nitrogens with zero attached hydrogens (tertiary/aromatic N) is 2. The van der Waals surface area contributed by atoms with Gasteiger partial charge in [0.1, 0.15) is 11.8 Å². The van der Waals surface area contributed by atoms with Crippen molar-refractivity contribution in [2.24, 2.45) is 0 Å². The number of rotatable bonds is 4. The van der Waals surface area contributed by atoms with E-state index in [2.05, 4.69) is 27.0 Å². The molecule has 0 N–H and O–H groups in total. The number of aromatic nitrogens is 1. The number of hydrogen-bond acceptors (Lipinski definition) is 3. The van der Waals surface area contributed by atoms with Gasteiger partial charge < -0.3 is 4.74 Å². The predicted octanol–water partition coefficient (Wildman–Crippen LogP) is 2.97. The third-order valence-electron chi connectivity index (χ3n) is 1.98. The topological polar surface area (TPSA) is 45.9 Å². The number of ether oxygens (including phenoxy) is 1. The van der Waals surface area contributed by atoms with Crippen LogP contribution in [0.15, 0.2) is 12.1 Å². The minimum Gasteiger partial charge on any atom is -0.474 e. The van der Waals surface area contributed by atoms with Gasteiger partial charge in [0.15, 0.2) is 6.10 Å². The fourth-order valence-electron chi connectivity index (χ4n) is 1.15. The molecule has 0 aromatic carbocycles. The normalized spacial score (nSPS) is 11.9. The molecule has 0 aliphatic heterocycles. The quantitative estimate of drug-likeness (QED) is 0.789. The van der Waals surface area contributed by atoms with Gasteiger partial charge in [-0.2, -0.15) is 5.26 Å². The van der Waals surface area contributed by atoms with Crippen LogP contribution in [0.25, 0.3) is 0 Å². The molecule has 3 nitrogen and oxygen atoms in total. The van der Waals surface area contributed by atoms with E-state index in [1.807, 2.05) is 26.0 Å². The van der Waals surface area contributed by atoms with Gasteiger partial charge in [0.2, 0.25) is 0 Å². The molecule has 0 aliphatic carbocycles. The Hall–Kier alpha value is -1.08. The van der Waals surface area contributed by atoms with Gasteiger partial charge in [0.25, 0.3) is 0 Å². The van der Waals surface area contributed by atoms with E-state index in [-0.39, 0.29) is 0 Å². The van der Waals surface area contributed by atoms with E-state index in [0.29, 0.717) is 17.5 Å². The van der Waals surface area contributed by atoms with E-state index in [1.54, 1.807) is 0 Å². The predicted molar refractivity (Wildman–Crippen MR) is 61.9 cm³/mol. The molecule has 0 saturated heterocycles. The first-order chi connectivity index (χ1) is 7.21. The lowest BCUT2D eigenvalue weighted by Gasteiger charge is -2.12. The van der Waals surface area contributed by atoms with Crippen LogP contribution in [-0.4, -0.2) is 11.1 Å². The van der Waals surface area contributed by atoms with Crippen LogP contribution >= 0.6 is 15.9 Å². The number of alkyl halides is 1. The SMILES string of the molecule is CCC(C#N)Oc1ccc(C)nc1CBr. The molecule has 1 aromatic heterocycles. The van der Waals surface area contributed by atoms with Gasteiger partial charge in [-0.25, -0.2) is 0 Å². The lowest BCUT2D eigenvalue weighted by molar-refractivity contribution is 0.249. The zero-order valence-corrected chi connectivity index (χ0v) is 10.4. The summed E-state index contributed by atoms with van der Waals surface area (Å²) in [7, 11) is 0. The first kappa shape index (κ1) is 12.0. The smallest absolute Gasteiger partial charge is 0.184 e. The second-order valence-electron chi connectivity index (χ2n) is 3.17. The monoisotopic (exact) mass is 268 g/mol. The van der Waals surface area contributed by atoms with Crippen molar-refractivity contribution in [3.63, 3.8) is 0 Å². The molecule has 0 amide bonds. The van der Waals surface area contributed by atoms with Gasteiger partial charge in [-0.15, -0.1) is 0 Å². The van der Waals surface area contributed by atoms with Crippen molar-refractivity contribution in [2.45, 2.75) is 31.7 Å². The second kappa shape index (κ2) is 5.72. The highest BCUT2D eigenvalue weighted by Crippen LogP contribution is 2.21. The van der Waals surface area contributed by atoms with Crippen LogP contribution in [0, 0.1) is 18.3 Å². The van der Waals surface area contributed by atoms with Crippen LogP contribution in [0.4, 0.5) is 0 Å². The summed E-state index contributed by atoms with van der Waals surface area (Å²) < 4.78 is 5.54. The zero-order chi connectivity index (χ0) is 11.3. The van der Waals surface area contributed by atoms with E-state index in [4.69, 9.17) is 10.00 Å². The zero-order valence-electron chi connectivity index (χ0n) is 8.83. The average molecular weight is 269 g/mol. The molecule has 0 spiro atoms. The largest absolute Gasteiger partial charge is 0.474 e. The molecule has 1 rings (SSSR count). The summed E-state index contributed by atoms with van der Waals surface area (Å²) in [6.45, 7) is 3.85. The molecule has 0 fully saturated rings. The summed E-state index contributed by atoms with van der Waals surface area (Å²) in [5.74, 6) is 0.686. The van der Waals surface area contributed by atoms with Crippen LogP contribution in [0.5, 0.6) is 5.75 Å². The molecule has 0 aliphatic rings. The van der Waals surface area contributed by atoms with Crippen LogP contribution in [-0.2, 0) is 5.33 Å². The molecule has 80 valence electrons. The van der Waals surface area contributed by atoms with Crippen molar-refractivity contribution in [2.75, 3.05) is 0 Å². The number of pyridine rings is 1. The Labute approximate surface area is 98.2 Å². The highest BCUT2D eigenvalue weighted by Gasteiger charge is 2.10. The number of hydrogen-bond donors (Lipinski definition) is 0. The van der Waals surface area contributed by atoms with Gasteiger partial charge in [0, 0.05) is 11.0 Å². The first-order valence-electron chi connectivity index (χ1n) is 4.80. The maximum atomic E-state index is 8.80. The summed E-state index contributed by atoms with van der Waals surface area (Å²) >= 11 is 3.35. The minimum atomic E-state index is -0.396. The molecule has 15 heavy (non-hydrogen) atoms. The van der Waals surface area contributed by atoms with Gasteiger partial charge in [0.05, 0.1) is 5.69 Å². The second-order valence-corrected chi connectivity index (χ2v) is 3.74. The molecule has 0 saturated carbocycles. The number of aryl methyl sites for hydroxylation is 1. The summed E-state index contributed by atoms with van der Waals surface area (Å²) in [5, 5.41) is 9.43. The fraction of sp³-hybridized carbons (Fsp3) is 0.455. The van der Waals surface area contributed by atoms with Gasteiger partial charge >= 0.3 is 0 Å². The van der Waals surface area contributed by atoms with Crippen molar-refractivity contribution in [3.05, 3.63) is 23.5 Å². The van der Waals surface area contributed by atoms with Gasteiger partial charge in [-0.3, -0.25) is 4.98 Å². The Kier molecular flexibility index (Phi) is 4.57. The van der Waals surface area contributed by atoms with E-state index in [0.717, 1.165) is 11.4 Å². The van der Waals surface area contributed by atoms with Crippen LogP contribution in [0.3, 0.4) is 0 Å². The Balaban J connectivity index is 2.89. The molecule has 4 heteroatoms. The summed E-state index contributed by atoms with van der Waals surface area (Å²) in [6, 6.07) is 5.84. The van der Waals surface area contributed by atoms with Crippen LogP contribution < -0.4 is 4.74 Å². The first-order valence-corrected chi connectivity index (χ1v) is 5.92. The number of nitriles is 1. The van der Waals surface area contributed by atoms with Crippen molar-refractivity contribution < 1.29 is 4.74 Å². The standard InChI is InChI=1S/C11H13BrN2O/c1-3-9(7-13)15-11-5-4-8(2)14-10(11)6-12/h4-5,9H,3,6H2,1-2H3. The van der Waals surface area contributed by atoms with Crippen molar-refractivity contribution >= 4 is 15.9 Å². The van der Waals surface area contributed by atoms with Crippen molar-refractivity contribution in [1.29, 1.82) is 5.26 Å². The van der Waals surface area contributed by atoms with E-state index in [9.17, 15) is 0 Å². The molecule has 0 bridgehead atoms. The van der Waals surface area contributed by atoms with Gasteiger partial charge in [-0.05, 0) is 25.5 Å². The van der Waals surface area contributed by atoms with E-state index >= 15 is 0 Å². The molecule has 1 unspecified atom stereocenters. The molecule has 0 radical (unpaired) electrons. The Morgan fingerprint density at radius 1 is 1.60 bits per heavy atom. The Morgan fingerprint density at radius 2 is 2.33 bits per heavy atom. The molecule has 1 atom stereocenters. The van der Waals surface area contributed by atoms with Crippen LogP contribution in [0.2, 0.25) is 0 Å². The van der Waals surface area contributed by atoms with Crippen molar-refractivity contribution in [1.82, 2.24) is 4.98 Å². The molecular formula is C11H13BrN2O. The fourth-order valence-corrected chi connectivity index (χ4v) is 1.56. The third kappa shape index (κ3) is 3.21. The number of halogens is 1. The highest BCUT2D eigenvalue weighted by atomic mass is 79.9. The lowest BCUT2D eigenvalue weighted by Crippen LogP contribution is -2.13. The van der Waals surface area contributed by atoms with Crippen molar-refractivity contribution in [3.8, 4) is 11.8 Å². The van der Waals surface area contributed by atoms with Crippen LogP contribution in [0.1, 0.15) is 24.7 Å². The molecule has 1 heterocycles. The Morgan fingerprint density at radius 3 is 2.87 bits per heavy atom. The molecule has 1 aromatic rings. The third-order valence-corrected chi connectivity index (χ3v) is 2.51. The maximum absolute atomic E-state index is 8.80.